The largest absolute Gasteiger partial charge is 0.461 e. The summed E-state index contributed by atoms with van der Waals surface area (Å²) in [6.45, 7) is 4.22. The van der Waals surface area contributed by atoms with Crippen LogP contribution in [0.3, 0.4) is 0 Å². The lowest BCUT2D eigenvalue weighted by molar-refractivity contribution is 0.222. The predicted molar refractivity (Wildman–Crippen MR) is 79.1 cm³/mol. The van der Waals surface area contributed by atoms with E-state index < -0.39 is 0 Å². The van der Waals surface area contributed by atoms with Gasteiger partial charge in [0.2, 0.25) is 11.2 Å². The van der Waals surface area contributed by atoms with E-state index in [-0.39, 0.29) is 17.4 Å². The Hall–Kier alpha value is -2.39. The molecule has 0 saturated carbocycles. The number of benzene rings is 1. The molecule has 1 aromatic heterocycles. The van der Waals surface area contributed by atoms with Crippen LogP contribution in [0.4, 0.5) is 5.95 Å². The molecule has 1 aromatic carbocycles. The van der Waals surface area contributed by atoms with Crippen LogP contribution in [0.5, 0.6) is 6.01 Å². The monoisotopic (exact) mass is 303 g/mol. The second-order valence-corrected chi connectivity index (χ2v) is 4.88. The van der Waals surface area contributed by atoms with Crippen molar-refractivity contribution in [3.05, 3.63) is 40.7 Å². The van der Waals surface area contributed by atoms with Crippen molar-refractivity contribution < 1.29 is 4.74 Å². The summed E-state index contributed by atoms with van der Waals surface area (Å²) < 4.78 is 5.39. The van der Waals surface area contributed by atoms with Crippen LogP contribution in [0.25, 0.3) is 0 Å². The first kappa shape index (κ1) is 15.0. The molecule has 108 valence electrons. The molecule has 0 radical (unpaired) electrons. The van der Waals surface area contributed by atoms with Crippen LogP contribution in [-0.4, -0.2) is 21.1 Å². The number of hydrogen-bond acceptors (Lipinski definition) is 6. The lowest BCUT2D eigenvalue weighted by atomic mass is 10.1. The number of nitrogens with zero attached hydrogens (tertiary/aromatic N) is 4. The average Bonchev–Trinajstić information content (AvgIpc) is 2.44. The van der Waals surface area contributed by atoms with Gasteiger partial charge in [-0.25, -0.2) is 0 Å². The maximum Gasteiger partial charge on any atom is 0.322 e. The van der Waals surface area contributed by atoms with E-state index in [1.165, 1.54) is 0 Å². The van der Waals surface area contributed by atoms with Crippen molar-refractivity contribution in [1.29, 1.82) is 5.26 Å². The standard InChI is InChI=1S/C14H14ClN5O/c1-9(2)21-14-19-12(15)18-13(20-14)17-8-11-5-3-4-10(6-11)7-16/h3-6,9H,8H2,1-2H3,(H,17,18,19,20). The van der Waals surface area contributed by atoms with Crippen molar-refractivity contribution in [1.82, 2.24) is 15.0 Å². The van der Waals surface area contributed by atoms with E-state index in [1.54, 1.807) is 12.1 Å². The minimum atomic E-state index is -0.0522. The third-order valence-electron chi connectivity index (χ3n) is 2.44. The Morgan fingerprint density at radius 3 is 2.86 bits per heavy atom. The fourth-order valence-corrected chi connectivity index (χ4v) is 1.76. The lowest BCUT2D eigenvalue weighted by Crippen LogP contribution is -2.11. The highest BCUT2D eigenvalue weighted by Crippen LogP contribution is 2.14. The summed E-state index contributed by atoms with van der Waals surface area (Å²) >= 11 is 5.84. The molecule has 6 nitrogen and oxygen atoms in total. The third-order valence-corrected chi connectivity index (χ3v) is 2.60. The fourth-order valence-electron chi connectivity index (χ4n) is 1.61. The molecular formula is C14H14ClN5O. The highest BCUT2D eigenvalue weighted by Gasteiger charge is 2.07. The summed E-state index contributed by atoms with van der Waals surface area (Å²) in [7, 11) is 0. The smallest absolute Gasteiger partial charge is 0.322 e. The summed E-state index contributed by atoms with van der Waals surface area (Å²) in [5, 5.41) is 12.0. The van der Waals surface area contributed by atoms with Gasteiger partial charge in [-0.2, -0.15) is 20.2 Å². The Morgan fingerprint density at radius 1 is 1.33 bits per heavy atom. The molecule has 0 aliphatic carbocycles. The number of ether oxygens (including phenoxy) is 1. The summed E-state index contributed by atoms with van der Waals surface area (Å²) in [6, 6.07) is 9.54. The van der Waals surface area contributed by atoms with Gasteiger partial charge in [0, 0.05) is 6.54 Å². The van der Waals surface area contributed by atoms with Gasteiger partial charge in [0.15, 0.2) is 0 Å². The van der Waals surface area contributed by atoms with Crippen LogP contribution in [0.1, 0.15) is 25.0 Å². The molecule has 7 heteroatoms. The van der Waals surface area contributed by atoms with Gasteiger partial charge in [0.1, 0.15) is 0 Å². The number of hydrogen-bond donors (Lipinski definition) is 1. The topological polar surface area (TPSA) is 83.7 Å². The highest BCUT2D eigenvalue weighted by molar-refractivity contribution is 6.28. The zero-order valence-electron chi connectivity index (χ0n) is 11.7. The summed E-state index contributed by atoms with van der Waals surface area (Å²) in [5.41, 5.74) is 1.55. The van der Waals surface area contributed by atoms with Crippen molar-refractivity contribution in [3.8, 4) is 12.1 Å². The first-order valence-corrected chi connectivity index (χ1v) is 6.76. The average molecular weight is 304 g/mol. The van der Waals surface area contributed by atoms with E-state index in [0.29, 0.717) is 18.1 Å². The predicted octanol–water partition coefficient (Wildman–Crippen LogP) is 2.80. The maximum atomic E-state index is 8.87. The second-order valence-electron chi connectivity index (χ2n) is 4.54. The zero-order valence-corrected chi connectivity index (χ0v) is 12.4. The number of nitrogens with one attached hydrogen (secondary N) is 1. The summed E-state index contributed by atoms with van der Waals surface area (Å²) in [6.07, 6.45) is -0.0522. The molecule has 0 amide bonds. The number of rotatable bonds is 5. The van der Waals surface area contributed by atoms with Crippen molar-refractivity contribution >= 4 is 17.5 Å². The van der Waals surface area contributed by atoms with E-state index in [1.807, 2.05) is 26.0 Å². The van der Waals surface area contributed by atoms with Gasteiger partial charge in [0.25, 0.3) is 0 Å². The van der Waals surface area contributed by atoms with E-state index in [4.69, 9.17) is 21.6 Å². The number of nitriles is 1. The van der Waals surface area contributed by atoms with Gasteiger partial charge < -0.3 is 10.1 Å². The van der Waals surface area contributed by atoms with Gasteiger partial charge in [0.05, 0.1) is 17.7 Å². The molecule has 2 rings (SSSR count). The second kappa shape index (κ2) is 6.86. The van der Waals surface area contributed by atoms with Gasteiger partial charge in [-0.1, -0.05) is 12.1 Å². The third kappa shape index (κ3) is 4.58. The van der Waals surface area contributed by atoms with Crippen LogP contribution in [0.2, 0.25) is 5.28 Å². The van der Waals surface area contributed by atoms with Gasteiger partial charge in [-0.3, -0.25) is 0 Å². The molecule has 0 aliphatic heterocycles. The minimum absolute atomic E-state index is 0.0522. The Balaban J connectivity index is 2.09. The maximum absolute atomic E-state index is 8.87. The van der Waals surface area contributed by atoms with E-state index in [0.717, 1.165) is 5.56 Å². The van der Waals surface area contributed by atoms with E-state index in [2.05, 4.69) is 26.3 Å². The van der Waals surface area contributed by atoms with Gasteiger partial charge >= 0.3 is 6.01 Å². The Labute approximate surface area is 127 Å². The molecule has 21 heavy (non-hydrogen) atoms. The molecule has 0 spiro atoms. The Kier molecular flexibility index (Phi) is 4.90. The molecule has 1 N–H and O–H groups in total. The quantitative estimate of drug-likeness (QED) is 0.914. The van der Waals surface area contributed by atoms with Crippen molar-refractivity contribution in [2.45, 2.75) is 26.5 Å². The number of anilines is 1. The van der Waals surface area contributed by atoms with Crippen molar-refractivity contribution in [3.63, 3.8) is 0 Å². The fraction of sp³-hybridized carbons (Fsp3) is 0.286. The van der Waals surface area contributed by atoms with Crippen LogP contribution in [-0.2, 0) is 6.54 Å². The zero-order chi connectivity index (χ0) is 15.2. The van der Waals surface area contributed by atoms with Crippen LogP contribution in [0.15, 0.2) is 24.3 Å². The lowest BCUT2D eigenvalue weighted by Gasteiger charge is -2.10. The van der Waals surface area contributed by atoms with Crippen LogP contribution < -0.4 is 10.1 Å². The molecular weight excluding hydrogens is 290 g/mol. The van der Waals surface area contributed by atoms with Gasteiger partial charge in [-0.15, -0.1) is 0 Å². The number of aromatic nitrogens is 3. The van der Waals surface area contributed by atoms with E-state index >= 15 is 0 Å². The van der Waals surface area contributed by atoms with Crippen molar-refractivity contribution in [2.24, 2.45) is 0 Å². The van der Waals surface area contributed by atoms with Gasteiger partial charge in [-0.05, 0) is 43.1 Å². The molecule has 2 aromatic rings. The first-order chi connectivity index (χ1) is 10.1. The summed E-state index contributed by atoms with van der Waals surface area (Å²) in [4.78, 5) is 12.0. The van der Waals surface area contributed by atoms with E-state index in [9.17, 15) is 0 Å². The minimum Gasteiger partial charge on any atom is -0.461 e. The Morgan fingerprint density at radius 2 is 2.14 bits per heavy atom. The van der Waals surface area contributed by atoms with Crippen molar-refractivity contribution in [2.75, 3.05) is 5.32 Å². The molecule has 0 bridgehead atoms. The van der Waals surface area contributed by atoms with Crippen LogP contribution >= 0.6 is 11.6 Å². The Bertz CT molecular complexity index is 669. The highest BCUT2D eigenvalue weighted by atomic mass is 35.5. The molecule has 0 aliphatic rings. The summed E-state index contributed by atoms with van der Waals surface area (Å²) in [5.74, 6) is 0.327. The number of halogens is 1. The SMILES string of the molecule is CC(C)Oc1nc(Cl)nc(NCc2cccc(C#N)c2)n1. The molecule has 0 unspecified atom stereocenters. The molecule has 0 saturated heterocycles. The normalized spacial score (nSPS) is 10.2. The first-order valence-electron chi connectivity index (χ1n) is 6.38. The molecule has 0 atom stereocenters. The molecule has 1 heterocycles. The molecule has 0 fully saturated rings. The van der Waals surface area contributed by atoms with Crippen LogP contribution in [0, 0.1) is 11.3 Å².